The van der Waals surface area contributed by atoms with Crippen molar-refractivity contribution < 1.29 is 46.2 Å². The number of nitrogen functional groups attached to an aromatic ring is 2. The summed E-state index contributed by atoms with van der Waals surface area (Å²) in [6.45, 7) is -10.1. The number of aromatic amines is 1. The number of thiol groups is 2. The van der Waals surface area contributed by atoms with Crippen molar-refractivity contribution in [2.75, 3.05) is 24.7 Å². The lowest BCUT2D eigenvalue weighted by Crippen LogP contribution is -2.35. The topological polar surface area (TPSA) is 269 Å². The van der Waals surface area contributed by atoms with Crippen molar-refractivity contribution in [2.45, 2.75) is 49.1 Å². The van der Waals surface area contributed by atoms with E-state index in [4.69, 9.17) is 39.0 Å². The van der Waals surface area contributed by atoms with Gasteiger partial charge in [-0.25, -0.2) is 33.5 Å². The van der Waals surface area contributed by atoms with Gasteiger partial charge in [-0.1, -0.05) is 24.5 Å². The summed E-state index contributed by atoms with van der Waals surface area (Å²) >= 11 is 8.04. The molecule has 3 fully saturated rings. The largest absolute Gasteiger partial charge is 0.387 e. The second-order valence-corrected chi connectivity index (χ2v) is 15.8. The Balaban J connectivity index is 1.21. The lowest BCUT2D eigenvalue weighted by molar-refractivity contribution is -0.0568. The van der Waals surface area contributed by atoms with Gasteiger partial charge in [0.05, 0.1) is 25.9 Å². The first kappa shape index (κ1) is 30.9. The maximum atomic E-state index is 16.0. The lowest BCUT2D eigenvalue weighted by atomic mass is 10.1. The first-order valence-corrected chi connectivity index (χ1v) is 18.3. The highest BCUT2D eigenvalue weighted by molar-refractivity contribution is 8.44. The van der Waals surface area contributed by atoms with Crippen LogP contribution in [0.5, 0.6) is 0 Å². The molecular weight excluding hydrogens is 685 g/mol. The molecule has 1 unspecified atom stereocenters. The highest BCUT2D eigenvalue weighted by atomic mass is 32.7. The molecule has 0 aliphatic carbocycles. The number of rotatable bonds is 2. The third-order valence-corrected chi connectivity index (χ3v) is 10.5. The Labute approximate surface area is 260 Å². The lowest BCUT2D eigenvalue weighted by Gasteiger charge is -2.26. The molecule has 242 valence electrons. The highest BCUT2D eigenvalue weighted by Crippen LogP contribution is 2.60. The number of fused-ring (bicyclic) bond motifs is 5. The minimum absolute atomic E-state index is 0.0680. The molecule has 0 spiro atoms. The fraction of sp³-hybridized carbons (Fsp3) is 0.500. The molecule has 4 aromatic heterocycles. The standard InChI is InChI=1S/C20H23FN10O10P2S2/c21-8-12-7(39-18(8)31-5-27-10-16(31)28-20(23)29-17(10)33)2-37-43(35,45)41-13-11(32)6(1-36-42(34,44)40-12)38-19(13)30-4-26-9-14(22)24-3-25-15(9)30/h3-8,11-13,18-19,32H,1-2H2,(H,34,44)(H,35,45)(H2,22,24,25)(H3,23,28,29,33)/t6?,7-,8-,11-,12-,13-,18-,19-,42+,43-/m1/s1. The van der Waals surface area contributed by atoms with Crippen molar-refractivity contribution >= 4 is 72.2 Å². The maximum absolute atomic E-state index is 16.0. The fourth-order valence-corrected chi connectivity index (χ4v) is 8.20. The number of imidazole rings is 2. The average Bonchev–Trinajstić information content (AvgIpc) is 3.72. The number of anilines is 2. The summed E-state index contributed by atoms with van der Waals surface area (Å²) in [6, 6.07) is 0. The Bertz CT molecular complexity index is 1950. The van der Waals surface area contributed by atoms with Crippen LogP contribution >= 0.6 is 38.1 Å². The van der Waals surface area contributed by atoms with Crippen molar-refractivity contribution in [1.29, 1.82) is 0 Å². The number of hydrogen-bond donors (Lipinski definition) is 6. The Hall–Kier alpha value is -2.69. The molecule has 7 rings (SSSR count). The van der Waals surface area contributed by atoms with E-state index in [1.807, 2.05) is 0 Å². The van der Waals surface area contributed by atoms with E-state index in [1.54, 1.807) is 0 Å². The van der Waals surface area contributed by atoms with Gasteiger partial charge < -0.3 is 26.0 Å². The summed E-state index contributed by atoms with van der Waals surface area (Å²) < 4.78 is 79.1. The van der Waals surface area contributed by atoms with Gasteiger partial charge >= 0.3 is 13.6 Å². The second-order valence-electron chi connectivity index (χ2n) is 10.1. The van der Waals surface area contributed by atoms with Crippen LogP contribution in [-0.4, -0.2) is 94.0 Å². The number of ether oxygens (including phenoxy) is 2. The SMILES string of the molecule is Nc1nc2c(ncn2[C@@H]2O[C@@H]3CO[P@@](=O)(S)O[C@@H]4[C@H](O)C(CO[P@](=O)(S)O[C@H]3[C@H]2F)O[C@H]4n2cnc3c(N)ncnc32)c(=O)[nH]1. The van der Waals surface area contributed by atoms with Crippen molar-refractivity contribution in [2.24, 2.45) is 0 Å². The van der Waals surface area contributed by atoms with E-state index >= 15 is 4.39 Å². The van der Waals surface area contributed by atoms with Crippen molar-refractivity contribution in [3.8, 4) is 0 Å². The molecule has 3 saturated heterocycles. The van der Waals surface area contributed by atoms with Gasteiger partial charge in [-0.05, 0) is 0 Å². The summed E-state index contributed by atoms with van der Waals surface area (Å²) in [5, 5.41) is 11.1. The number of aliphatic hydroxyl groups is 1. The van der Waals surface area contributed by atoms with Gasteiger partial charge in [-0.2, -0.15) is 4.98 Å². The van der Waals surface area contributed by atoms with Crippen LogP contribution in [0.1, 0.15) is 12.5 Å². The van der Waals surface area contributed by atoms with Crippen LogP contribution in [0.25, 0.3) is 22.3 Å². The van der Waals surface area contributed by atoms with Crippen molar-refractivity contribution in [3.05, 3.63) is 29.3 Å². The second kappa shape index (κ2) is 11.2. The van der Waals surface area contributed by atoms with Crippen LogP contribution in [0, 0.1) is 0 Å². The van der Waals surface area contributed by atoms with E-state index in [0.29, 0.717) is 0 Å². The van der Waals surface area contributed by atoms with E-state index in [1.165, 1.54) is 17.2 Å². The Morgan fingerprint density at radius 3 is 2.27 bits per heavy atom. The van der Waals surface area contributed by atoms with Gasteiger partial charge in [-0.15, -0.1) is 0 Å². The molecule has 25 heteroatoms. The van der Waals surface area contributed by atoms with Crippen molar-refractivity contribution in [1.82, 2.24) is 39.0 Å². The van der Waals surface area contributed by atoms with Gasteiger partial charge in [-0.3, -0.25) is 37.0 Å². The van der Waals surface area contributed by atoms with Gasteiger partial charge in [0.25, 0.3) is 5.56 Å². The van der Waals surface area contributed by atoms with Crippen LogP contribution in [0.2, 0.25) is 0 Å². The number of nitrogens with one attached hydrogen (secondary N) is 1. The number of aliphatic hydroxyl groups excluding tert-OH is 1. The molecule has 10 atom stereocenters. The van der Waals surface area contributed by atoms with Crippen LogP contribution in [-0.2, 0) is 36.7 Å². The molecule has 3 aliphatic heterocycles. The molecule has 0 saturated carbocycles. The molecule has 20 nitrogen and oxygen atoms in total. The number of halogens is 1. The molecule has 4 aromatic rings. The number of H-pyrrole nitrogens is 1. The Kier molecular flexibility index (Phi) is 7.72. The first-order chi connectivity index (χ1) is 21.3. The van der Waals surface area contributed by atoms with Crippen LogP contribution in [0.3, 0.4) is 0 Å². The minimum Gasteiger partial charge on any atom is -0.387 e. The van der Waals surface area contributed by atoms with Gasteiger partial charge in [0.1, 0.15) is 42.4 Å². The van der Waals surface area contributed by atoms with E-state index in [9.17, 15) is 19.0 Å². The number of nitrogens with zero attached hydrogens (tertiary/aromatic N) is 7. The number of nitrogens with two attached hydrogens (primary N) is 2. The van der Waals surface area contributed by atoms with E-state index in [-0.39, 0.29) is 34.1 Å². The molecule has 3 aliphatic rings. The summed E-state index contributed by atoms with van der Waals surface area (Å²) in [7, 11) is 0. The normalized spacial score (nSPS) is 37.7. The van der Waals surface area contributed by atoms with Crippen LogP contribution in [0.4, 0.5) is 16.2 Å². The van der Waals surface area contributed by atoms with E-state index in [0.717, 1.165) is 10.9 Å². The molecular formula is C20H23FN10O10P2S2. The van der Waals surface area contributed by atoms with Gasteiger partial charge in [0.2, 0.25) is 5.95 Å². The molecule has 45 heavy (non-hydrogen) atoms. The van der Waals surface area contributed by atoms with Crippen molar-refractivity contribution in [3.63, 3.8) is 0 Å². The number of alkyl halides is 1. The van der Waals surface area contributed by atoms with E-state index < -0.39 is 81.5 Å². The zero-order valence-electron chi connectivity index (χ0n) is 22.3. The van der Waals surface area contributed by atoms with E-state index in [2.05, 4.69) is 54.4 Å². The molecule has 0 radical (unpaired) electrons. The maximum Gasteiger partial charge on any atom is 0.386 e. The average molecular weight is 709 g/mol. The molecule has 0 aromatic carbocycles. The Morgan fingerprint density at radius 2 is 1.53 bits per heavy atom. The molecule has 6 N–H and O–H groups in total. The van der Waals surface area contributed by atoms with Crippen LogP contribution in [0.15, 0.2) is 23.8 Å². The predicted octanol–water partition coefficient (Wildman–Crippen LogP) is 0.511. The van der Waals surface area contributed by atoms with Gasteiger partial charge in [0, 0.05) is 0 Å². The molecule has 2 bridgehead atoms. The van der Waals surface area contributed by atoms with Crippen LogP contribution < -0.4 is 17.0 Å². The summed E-state index contributed by atoms with van der Waals surface area (Å²) in [5.74, 6) is -0.193. The molecule has 7 heterocycles. The highest BCUT2D eigenvalue weighted by Gasteiger charge is 2.54. The zero-order valence-corrected chi connectivity index (χ0v) is 25.9. The smallest absolute Gasteiger partial charge is 0.386 e. The summed E-state index contributed by atoms with van der Waals surface area (Å²) in [4.78, 5) is 34.7. The summed E-state index contributed by atoms with van der Waals surface area (Å²) in [5.41, 5.74) is 11.0. The third kappa shape index (κ3) is 5.54. The Morgan fingerprint density at radius 1 is 0.911 bits per heavy atom. The minimum atomic E-state index is -4.42. The third-order valence-electron chi connectivity index (χ3n) is 7.28. The number of hydrogen-bond acceptors (Lipinski definition) is 17. The zero-order chi connectivity index (χ0) is 31.8. The van der Waals surface area contributed by atoms with Gasteiger partial charge in [0.15, 0.2) is 41.3 Å². The summed E-state index contributed by atoms with van der Waals surface area (Å²) in [6.07, 6.45) is -8.71. The predicted molar refractivity (Wildman–Crippen MR) is 156 cm³/mol. The first-order valence-electron chi connectivity index (χ1n) is 12.9. The fourth-order valence-electron chi connectivity index (χ4n) is 5.26. The molecule has 0 amide bonds. The quantitative estimate of drug-likeness (QED) is 0.122. The monoisotopic (exact) mass is 708 g/mol. The number of aromatic nitrogens is 8.